The minimum absolute atomic E-state index is 0.0161. The summed E-state index contributed by atoms with van der Waals surface area (Å²) in [4.78, 5) is 22.0. The summed E-state index contributed by atoms with van der Waals surface area (Å²) in [6.07, 6.45) is 9.30. The van der Waals surface area contributed by atoms with Crippen molar-refractivity contribution >= 4 is 5.91 Å². The van der Waals surface area contributed by atoms with E-state index in [-0.39, 0.29) is 5.91 Å². The van der Waals surface area contributed by atoms with Crippen LogP contribution in [0.25, 0.3) is 0 Å². The second-order valence-electron chi connectivity index (χ2n) is 4.92. The molecular formula is C13H19N3O. The van der Waals surface area contributed by atoms with Crippen LogP contribution in [0.1, 0.15) is 43.1 Å². The highest BCUT2D eigenvalue weighted by atomic mass is 16.2. The fourth-order valence-corrected chi connectivity index (χ4v) is 2.39. The van der Waals surface area contributed by atoms with Gasteiger partial charge in [-0.2, -0.15) is 0 Å². The van der Waals surface area contributed by atoms with E-state index in [1.54, 1.807) is 12.4 Å². The van der Waals surface area contributed by atoms with Gasteiger partial charge in [0.15, 0.2) is 0 Å². The summed E-state index contributed by atoms with van der Waals surface area (Å²) in [5.41, 5.74) is 0.439. The van der Waals surface area contributed by atoms with Crippen LogP contribution < -0.4 is 0 Å². The zero-order valence-corrected chi connectivity index (χ0v) is 10.5. The van der Waals surface area contributed by atoms with Gasteiger partial charge in [0.1, 0.15) is 5.69 Å². The molecule has 0 saturated heterocycles. The number of aromatic nitrogens is 2. The van der Waals surface area contributed by atoms with Gasteiger partial charge in [0.2, 0.25) is 0 Å². The number of nitrogens with zero attached hydrogens (tertiary/aromatic N) is 3. The Bertz CT molecular complexity index is 372. The molecule has 0 radical (unpaired) electrons. The Labute approximate surface area is 102 Å². The molecule has 1 amide bonds. The zero-order valence-electron chi connectivity index (χ0n) is 10.5. The summed E-state index contributed by atoms with van der Waals surface area (Å²) in [5, 5.41) is 0. The van der Waals surface area contributed by atoms with Crippen LogP contribution >= 0.6 is 0 Å². The van der Waals surface area contributed by atoms with Crippen molar-refractivity contribution in [3.63, 3.8) is 0 Å². The molecule has 0 aliphatic heterocycles. The molecule has 1 aromatic heterocycles. The summed E-state index contributed by atoms with van der Waals surface area (Å²) in [6, 6.07) is 0.362. The lowest BCUT2D eigenvalue weighted by molar-refractivity contribution is 0.0673. The molecule has 4 heteroatoms. The largest absolute Gasteiger partial charge is 0.337 e. The van der Waals surface area contributed by atoms with Crippen molar-refractivity contribution in [2.45, 2.75) is 38.6 Å². The van der Waals surface area contributed by atoms with E-state index in [4.69, 9.17) is 0 Å². The minimum atomic E-state index is -0.0161. The first-order valence-corrected chi connectivity index (χ1v) is 6.21. The number of rotatable bonds is 2. The molecule has 0 N–H and O–H groups in total. The molecule has 0 unspecified atom stereocenters. The summed E-state index contributed by atoms with van der Waals surface area (Å²) in [5.74, 6) is 0.781. The number of hydrogen-bond acceptors (Lipinski definition) is 3. The monoisotopic (exact) mass is 233 g/mol. The smallest absolute Gasteiger partial charge is 0.274 e. The maximum absolute atomic E-state index is 12.1. The van der Waals surface area contributed by atoms with Crippen molar-refractivity contribution in [3.8, 4) is 0 Å². The van der Waals surface area contributed by atoms with Crippen LogP contribution in [0.3, 0.4) is 0 Å². The topological polar surface area (TPSA) is 46.1 Å². The van der Waals surface area contributed by atoms with Crippen LogP contribution in [0.4, 0.5) is 0 Å². The quantitative estimate of drug-likeness (QED) is 0.786. The molecule has 1 heterocycles. The third kappa shape index (κ3) is 2.81. The van der Waals surface area contributed by atoms with E-state index in [9.17, 15) is 4.79 Å². The molecule has 92 valence electrons. The molecule has 1 aliphatic carbocycles. The van der Waals surface area contributed by atoms with Gasteiger partial charge in [-0.1, -0.05) is 6.92 Å². The lowest BCUT2D eigenvalue weighted by Crippen LogP contribution is -2.39. The van der Waals surface area contributed by atoms with Crippen molar-refractivity contribution < 1.29 is 4.79 Å². The van der Waals surface area contributed by atoms with E-state index < -0.39 is 0 Å². The number of hydrogen-bond donors (Lipinski definition) is 0. The van der Waals surface area contributed by atoms with E-state index >= 15 is 0 Å². The summed E-state index contributed by atoms with van der Waals surface area (Å²) in [6.45, 7) is 2.28. The summed E-state index contributed by atoms with van der Waals surface area (Å²) < 4.78 is 0. The van der Waals surface area contributed by atoms with Crippen LogP contribution in [-0.2, 0) is 0 Å². The van der Waals surface area contributed by atoms with Gasteiger partial charge in [-0.15, -0.1) is 0 Å². The van der Waals surface area contributed by atoms with Crippen LogP contribution in [0.15, 0.2) is 18.6 Å². The second kappa shape index (κ2) is 5.25. The van der Waals surface area contributed by atoms with Crippen molar-refractivity contribution in [1.29, 1.82) is 0 Å². The van der Waals surface area contributed by atoms with Crippen molar-refractivity contribution in [2.75, 3.05) is 7.05 Å². The molecule has 1 fully saturated rings. The van der Waals surface area contributed by atoms with Gasteiger partial charge < -0.3 is 4.90 Å². The van der Waals surface area contributed by atoms with Gasteiger partial charge in [-0.05, 0) is 31.6 Å². The van der Waals surface area contributed by atoms with Crippen LogP contribution in [0.2, 0.25) is 0 Å². The molecule has 1 saturated carbocycles. The highest BCUT2D eigenvalue weighted by Gasteiger charge is 2.25. The molecule has 0 aromatic carbocycles. The lowest BCUT2D eigenvalue weighted by Gasteiger charge is -2.33. The molecule has 0 atom stereocenters. The van der Waals surface area contributed by atoms with Crippen molar-refractivity contribution in [1.82, 2.24) is 14.9 Å². The summed E-state index contributed by atoms with van der Waals surface area (Å²) >= 11 is 0. The average Bonchev–Trinajstić information content (AvgIpc) is 2.39. The molecular weight excluding hydrogens is 214 g/mol. The maximum atomic E-state index is 12.1. The van der Waals surface area contributed by atoms with E-state index in [0.29, 0.717) is 11.7 Å². The zero-order chi connectivity index (χ0) is 12.3. The van der Waals surface area contributed by atoms with Crippen LogP contribution in [-0.4, -0.2) is 33.9 Å². The Morgan fingerprint density at radius 3 is 2.59 bits per heavy atom. The van der Waals surface area contributed by atoms with E-state index in [1.165, 1.54) is 19.0 Å². The Morgan fingerprint density at radius 1 is 1.29 bits per heavy atom. The van der Waals surface area contributed by atoms with Gasteiger partial charge in [0.05, 0.1) is 6.20 Å². The molecule has 0 bridgehead atoms. The Balaban J connectivity index is 2.00. The molecule has 0 spiro atoms. The first kappa shape index (κ1) is 12.0. The first-order valence-electron chi connectivity index (χ1n) is 6.21. The maximum Gasteiger partial charge on any atom is 0.274 e. The lowest BCUT2D eigenvalue weighted by atomic mass is 9.86. The highest BCUT2D eigenvalue weighted by Crippen LogP contribution is 2.26. The Hall–Kier alpha value is -1.45. The van der Waals surface area contributed by atoms with Gasteiger partial charge in [0.25, 0.3) is 5.91 Å². The molecule has 1 aromatic rings. The predicted octanol–water partition coefficient (Wildman–Crippen LogP) is 2.13. The molecule has 4 nitrogen and oxygen atoms in total. The Morgan fingerprint density at radius 2 is 2.00 bits per heavy atom. The van der Waals surface area contributed by atoms with E-state index in [0.717, 1.165) is 18.8 Å². The van der Waals surface area contributed by atoms with Gasteiger partial charge in [0, 0.05) is 25.5 Å². The van der Waals surface area contributed by atoms with E-state index in [2.05, 4.69) is 16.9 Å². The summed E-state index contributed by atoms with van der Waals surface area (Å²) in [7, 11) is 1.87. The SMILES string of the molecule is CC1CCC(N(C)C(=O)c2cnccn2)CC1. The highest BCUT2D eigenvalue weighted by molar-refractivity contribution is 5.91. The molecule has 2 rings (SSSR count). The minimum Gasteiger partial charge on any atom is -0.337 e. The van der Waals surface area contributed by atoms with E-state index in [1.807, 2.05) is 11.9 Å². The fourth-order valence-electron chi connectivity index (χ4n) is 2.39. The van der Waals surface area contributed by atoms with Gasteiger partial charge >= 0.3 is 0 Å². The number of amides is 1. The van der Waals surface area contributed by atoms with Gasteiger partial charge in [-0.3, -0.25) is 9.78 Å². The third-order valence-corrected chi connectivity index (χ3v) is 3.64. The van der Waals surface area contributed by atoms with Crippen LogP contribution in [0, 0.1) is 5.92 Å². The normalized spacial score (nSPS) is 24.4. The van der Waals surface area contributed by atoms with Crippen molar-refractivity contribution in [3.05, 3.63) is 24.3 Å². The molecule has 1 aliphatic rings. The second-order valence-corrected chi connectivity index (χ2v) is 4.92. The van der Waals surface area contributed by atoms with Crippen molar-refractivity contribution in [2.24, 2.45) is 5.92 Å². The standard InChI is InChI=1S/C13H19N3O/c1-10-3-5-11(6-4-10)16(2)13(17)12-9-14-7-8-15-12/h7-11H,3-6H2,1-2H3. The number of carbonyl (C=O) groups excluding carboxylic acids is 1. The fraction of sp³-hybridized carbons (Fsp3) is 0.615. The predicted molar refractivity (Wildman–Crippen MR) is 65.5 cm³/mol. The third-order valence-electron chi connectivity index (χ3n) is 3.64. The molecule has 17 heavy (non-hydrogen) atoms. The number of carbonyl (C=O) groups is 1. The van der Waals surface area contributed by atoms with Gasteiger partial charge in [-0.25, -0.2) is 4.98 Å². The average molecular weight is 233 g/mol. The van der Waals surface area contributed by atoms with Crippen LogP contribution in [0.5, 0.6) is 0 Å². The Kier molecular flexibility index (Phi) is 3.71. The first-order chi connectivity index (χ1) is 8.18.